The highest BCUT2D eigenvalue weighted by Crippen LogP contribution is 2.31. The van der Waals surface area contributed by atoms with Gasteiger partial charge in [0.25, 0.3) is 0 Å². The minimum atomic E-state index is -3.65. The van der Waals surface area contributed by atoms with E-state index in [1.54, 1.807) is 6.07 Å². The molecule has 0 aromatic heterocycles. The van der Waals surface area contributed by atoms with Gasteiger partial charge < -0.3 is 15.2 Å². The molecular formula is C17H28N2O4S. The summed E-state index contributed by atoms with van der Waals surface area (Å²) in [6.07, 6.45) is 4.33. The number of nitrogens with one attached hydrogen (secondary N) is 1. The van der Waals surface area contributed by atoms with Crippen molar-refractivity contribution < 1.29 is 17.9 Å². The van der Waals surface area contributed by atoms with Crippen LogP contribution in [0.3, 0.4) is 0 Å². The largest absolute Gasteiger partial charge is 0.490 e. The van der Waals surface area contributed by atoms with E-state index < -0.39 is 10.0 Å². The molecule has 3 N–H and O–H groups in total. The monoisotopic (exact) mass is 356 g/mol. The summed E-state index contributed by atoms with van der Waals surface area (Å²) in [7, 11) is -3.65. The van der Waals surface area contributed by atoms with Crippen LogP contribution in [0.15, 0.2) is 23.1 Å². The fraction of sp³-hybridized carbons (Fsp3) is 0.647. The summed E-state index contributed by atoms with van der Waals surface area (Å²) in [4.78, 5) is 0.172. The zero-order chi connectivity index (χ0) is 17.6. The number of sulfonamides is 1. The average molecular weight is 356 g/mol. The molecule has 1 atom stereocenters. The van der Waals surface area contributed by atoms with E-state index in [0.717, 1.165) is 25.7 Å². The number of hydrogen-bond acceptors (Lipinski definition) is 5. The Morgan fingerprint density at radius 2 is 1.79 bits per heavy atom. The van der Waals surface area contributed by atoms with Crippen LogP contribution < -0.4 is 19.9 Å². The second kappa shape index (κ2) is 8.69. The van der Waals surface area contributed by atoms with Gasteiger partial charge >= 0.3 is 0 Å². The first-order chi connectivity index (χ1) is 11.5. The topological polar surface area (TPSA) is 90.7 Å². The minimum Gasteiger partial charge on any atom is -0.490 e. The van der Waals surface area contributed by atoms with Gasteiger partial charge in [-0.3, -0.25) is 0 Å². The SMILES string of the molecule is CCOc1ccc(S(=O)(=O)NC(CN)C2CCCC2)cc1OCC. The van der Waals surface area contributed by atoms with Gasteiger partial charge in [0.1, 0.15) is 0 Å². The van der Waals surface area contributed by atoms with Gasteiger partial charge in [0.05, 0.1) is 18.1 Å². The summed E-state index contributed by atoms with van der Waals surface area (Å²) < 4.78 is 39.2. The van der Waals surface area contributed by atoms with Gasteiger partial charge in [-0.15, -0.1) is 0 Å². The number of hydrogen-bond donors (Lipinski definition) is 2. The quantitative estimate of drug-likeness (QED) is 0.708. The Bertz CT molecular complexity index is 627. The molecule has 0 radical (unpaired) electrons. The first-order valence-corrected chi connectivity index (χ1v) is 10.1. The summed E-state index contributed by atoms with van der Waals surface area (Å²) in [6, 6.07) is 4.47. The third-order valence-electron chi connectivity index (χ3n) is 4.35. The Morgan fingerprint density at radius 1 is 1.17 bits per heavy atom. The van der Waals surface area contributed by atoms with Crippen molar-refractivity contribution in [3.05, 3.63) is 18.2 Å². The highest BCUT2D eigenvalue weighted by molar-refractivity contribution is 7.89. The van der Waals surface area contributed by atoms with Crippen molar-refractivity contribution >= 4 is 10.0 Å². The molecule has 0 heterocycles. The summed E-state index contributed by atoms with van der Waals surface area (Å²) in [5, 5.41) is 0. The highest BCUT2D eigenvalue weighted by atomic mass is 32.2. The third kappa shape index (κ3) is 4.62. The van der Waals surface area contributed by atoms with Crippen molar-refractivity contribution in [2.75, 3.05) is 19.8 Å². The van der Waals surface area contributed by atoms with Gasteiger partial charge in [-0.05, 0) is 44.7 Å². The lowest BCUT2D eigenvalue weighted by atomic mass is 9.99. The van der Waals surface area contributed by atoms with Crippen molar-refractivity contribution in [3.63, 3.8) is 0 Å². The maximum absolute atomic E-state index is 12.7. The Morgan fingerprint density at radius 3 is 2.38 bits per heavy atom. The summed E-state index contributed by atoms with van der Waals surface area (Å²) in [6.45, 7) is 4.94. The lowest BCUT2D eigenvalue weighted by molar-refractivity contribution is 0.287. The molecule has 0 saturated heterocycles. The van der Waals surface area contributed by atoms with Crippen LogP contribution in [0.4, 0.5) is 0 Å². The molecule has 0 aliphatic heterocycles. The molecule has 0 bridgehead atoms. The zero-order valence-corrected chi connectivity index (χ0v) is 15.3. The van der Waals surface area contributed by atoms with Crippen LogP contribution in [-0.4, -0.2) is 34.2 Å². The van der Waals surface area contributed by atoms with Crippen LogP contribution in [-0.2, 0) is 10.0 Å². The molecule has 24 heavy (non-hydrogen) atoms. The lowest BCUT2D eigenvalue weighted by Gasteiger charge is -2.23. The number of rotatable bonds is 9. The number of ether oxygens (including phenoxy) is 2. The summed E-state index contributed by atoms with van der Waals surface area (Å²) in [5.41, 5.74) is 5.81. The van der Waals surface area contributed by atoms with Crippen LogP contribution in [0.2, 0.25) is 0 Å². The zero-order valence-electron chi connectivity index (χ0n) is 14.5. The molecule has 0 spiro atoms. The molecule has 1 aromatic carbocycles. The van der Waals surface area contributed by atoms with Gasteiger partial charge in [0.2, 0.25) is 10.0 Å². The van der Waals surface area contributed by atoms with Crippen molar-refractivity contribution in [1.29, 1.82) is 0 Å². The lowest BCUT2D eigenvalue weighted by Crippen LogP contribution is -2.44. The van der Waals surface area contributed by atoms with E-state index >= 15 is 0 Å². The van der Waals surface area contributed by atoms with E-state index in [4.69, 9.17) is 15.2 Å². The van der Waals surface area contributed by atoms with Gasteiger partial charge in [-0.1, -0.05) is 12.8 Å². The number of benzene rings is 1. The van der Waals surface area contributed by atoms with Crippen molar-refractivity contribution in [2.24, 2.45) is 11.7 Å². The van der Waals surface area contributed by atoms with Gasteiger partial charge in [0.15, 0.2) is 11.5 Å². The molecule has 1 aliphatic carbocycles. The molecule has 6 nitrogen and oxygen atoms in total. The fourth-order valence-electron chi connectivity index (χ4n) is 3.16. The Hall–Kier alpha value is -1.31. The Kier molecular flexibility index (Phi) is 6.89. The van der Waals surface area contributed by atoms with E-state index in [9.17, 15) is 8.42 Å². The standard InChI is InChI=1S/C17H28N2O4S/c1-3-22-16-10-9-14(11-17(16)23-4-2)24(20,21)19-15(12-18)13-7-5-6-8-13/h9-11,13,15,19H,3-8,12,18H2,1-2H3. The molecule has 136 valence electrons. The van der Waals surface area contributed by atoms with Gasteiger partial charge in [-0.2, -0.15) is 0 Å². The second-order valence-corrected chi connectivity index (χ2v) is 7.70. The van der Waals surface area contributed by atoms with Gasteiger partial charge in [-0.25, -0.2) is 13.1 Å². The second-order valence-electron chi connectivity index (χ2n) is 5.98. The maximum Gasteiger partial charge on any atom is 0.241 e. The smallest absolute Gasteiger partial charge is 0.241 e. The van der Waals surface area contributed by atoms with E-state index in [1.807, 2.05) is 13.8 Å². The molecule has 1 aromatic rings. The van der Waals surface area contributed by atoms with Crippen LogP contribution in [0.1, 0.15) is 39.5 Å². The van der Waals surface area contributed by atoms with E-state index in [-0.39, 0.29) is 10.9 Å². The van der Waals surface area contributed by atoms with Crippen molar-refractivity contribution in [1.82, 2.24) is 4.72 Å². The maximum atomic E-state index is 12.7. The summed E-state index contributed by atoms with van der Waals surface area (Å²) in [5.74, 6) is 1.30. The van der Waals surface area contributed by atoms with Gasteiger partial charge in [0, 0.05) is 18.7 Å². The van der Waals surface area contributed by atoms with E-state index in [2.05, 4.69) is 4.72 Å². The molecule has 2 rings (SSSR count). The van der Waals surface area contributed by atoms with Crippen LogP contribution in [0.5, 0.6) is 11.5 Å². The predicted molar refractivity (Wildman–Crippen MR) is 93.9 cm³/mol. The Balaban J connectivity index is 2.22. The molecule has 1 aliphatic rings. The van der Waals surface area contributed by atoms with Crippen LogP contribution >= 0.6 is 0 Å². The van der Waals surface area contributed by atoms with E-state index in [0.29, 0.717) is 37.2 Å². The van der Waals surface area contributed by atoms with Crippen molar-refractivity contribution in [2.45, 2.75) is 50.5 Å². The molecule has 0 amide bonds. The normalized spacial score (nSPS) is 17.0. The third-order valence-corrected chi connectivity index (χ3v) is 5.84. The average Bonchev–Trinajstić information content (AvgIpc) is 3.09. The predicted octanol–water partition coefficient (Wildman–Crippen LogP) is 2.28. The molecule has 7 heteroatoms. The van der Waals surface area contributed by atoms with Crippen LogP contribution in [0, 0.1) is 5.92 Å². The first-order valence-electron chi connectivity index (χ1n) is 8.63. The van der Waals surface area contributed by atoms with E-state index in [1.165, 1.54) is 12.1 Å². The van der Waals surface area contributed by atoms with Crippen LogP contribution in [0.25, 0.3) is 0 Å². The first kappa shape index (κ1) is 19.0. The molecule has 1 fully saturated rings. The molecule has 1 unspecified atom stereocenters. The molecular weight excluding hydrogens is 328 g/mol. The van der Waals surface area contributed by atoms with Crippen molar-refractivity contribution in [3.8, 4) is 11.5 Å². The Labute approximate surface area is 144 Å². The molecule has 1 saturated carbocycles. The summed E-state index contributed by atoms with van der Waals surface area (Å²) >= 11 is 0. The fourth-order valence-corrected chi connectivity index (χ4v) is 4.50. The minimum absolute atomic E-state index is 0.172. The highest BCUT2D eigenvalue weighted by Gasteiger charge is 2.28. The number of nitrogens with two attached hydrogens (primary N) is 1.